The molecule has 128 valence electrons. The van der Waals surface area contributed by atoms with Crippen LogP contribution in [0.3, 0.4) is 0 Å². The molecule has 0 unspecified atom stereocenters. The lowest BCUT2D eigenvalue weighted by Crippen LogP contribution is -2.09. The van der Waals surface area contributed by atoms with Crippen molar-refractivity contribution >= 4 is 16.4 Å². The highest BCUT2D eigenvalue weighted by Crippen LogP contribution is 2.27. The van der Waals surface area contributed by atoms with Gasteiger partial charge < -0.3 is 8.82 Å². The third kappa shape index (κ3) is 3.29. The van der Waals surface area contributed by atoms with Crippen molar-refractivity contribution in [1.82, 2.24) is 14.4 Å². The zero-order valence-corrected chi connectivity index (χ0v) is 15.6. The lowest BCUT2D eigenvalue weighted by Gasteiger charge is -2.13. The summed E-state index contributed by atoms with van der Waals surface area (Å²) in [5, 5.41) is -0.271. The standard InChI is InChI=1S/C18H23N3O2S/c1-12-7-6-8-16-20-14(10-21(12)16)11-24(22)13(2)17-19-9-15(23-17)18(3,4)5/h6-10,13H,11H2,1-5H3/t13-,24+/m0/s1. The van der Waals surface area contributed by atoms with Crippen molar-refractivity contribution in [1.29, 1.82) is 0 Å². The monoisotopic (exact) mass is 345 g/mol. The molecular formula is C18H23N3O2S. The number of rotatable bonds is 4. The lowest BCUT2D eigenvalue weighted by atomic mass is 9.94. The molecule has 0 fully saturated rings. The number of oxazole rings is 1. The minimum Gasteiger partial charge on any atom is -0.444 e. The minimum absolute atomic E-state index is 0.106. The molecule has 3 aromatic rings. The number of nitrogens with zero attached hydrogens (tertiary/aromatic N) is 3. The molecule has 0 spiro atoms. The lowest BCUT2D eigenvalue weighted by molar-refractivity contribution is 0.382. The Bertz CT molecular complexity index is 889. The minimum atomic E-state index is -1.15. The van der Waals surface area contributed by atoms with Gasteiger partial charge in [0.15, 0.2) is 0 Å². The molecule has 0 saturated heterocycles. The van der Waals surface area contributed by atoms with E-state index >= 15 is 0 Å². The molecule has 3 aromatic heterocycles. The Kier molecular flexibility index (Phi) is 4.34. The van der Waals surface area contributed by atoms with Gasteiger partial charge in [0.2, 0.25) is 5.89 Å². The molecule has 0 aliphatic carbocycles. The predicted octanol–water partition coefficient (Wildman–Crippen LogP) is 3.94. The second-order valence-electron chi connectivity index (χ2n) is 7.11. The van der Waals surface area contributed by atoms with Crippen molar-refractivity contribution < 1.29 is 8.63 Å². The fourth-order valence-electron chi connectivity index (χ4n) is 2.47. The molecule has 0 amide bonds. The first kappa shape index (κ1) is 16.9. The van der Waals surface area contributed by atoms with Crippen molar-refractivity contribution in [3.05, 3.63) is 53.6 Å². The Balaban J connectivity index is 1.78. The number of hydrogen-bond acceptors (Lipinski definition) is 4. The van der Waals surface area contributed by atoms with Gasteiger partial charge in [-0.15, -0.1) is 0 Å². The first-order valence-electron chi connectivity index (χ1n) is 8.02. The number of aromatic nitrogens is 3. The Morgan fingerprint density at radius 2 is 2.08 bits per heavy atom. The van der Waals surface area contributed by atoms with Gasteiger partial charge in [-0.05, 0) is 26.0 Å². The Hall–Kier alpha value is -1.95. The van der Waals surface area contributed by atoms with Crippen LogP contribution in [0.15, 0.2) is 35.0 Å². The largest absolute Gasteiger partial charge is 0.444 e. The Labute approximate surface area is 144 Å². The van der Waals surface area contributed by atoms with Crippen LogP contribution in [0, 0.1) is 6.92 Å². The van der Waals surface area contributed by atoms with E-state index in [-0.39, 0.29) is 10.7 Å². The van der Waals surface area contributed by atoms with Gasteiger partial charge in [0, 0.05) is 28.1 Å². The normalized spacial score (nSPS) is 14.9. The van der Waals surface area contributed by atoms with E-state index in [0.717, 1.165) is 22.8 Å². The maximum atomic E-state index is 12.7. The predicted molar refractivity (Wildman–Crippen MR) is 95.4 cm³/mol. The van der Waals surface area contributed by atoms with E-state index < -0.39 is 10.8 Å². The molecule has 2 atom stereocenters. The second kappa shape index (κ2) is 6.16. The third-order valence-corrected chi connectivity index (χ3v) is 5.61. The highest BCUT2D eigenvalue weighted by molar-refractivity contribution is 7.84. The summed E-state index contributed by atoms with van der Waals surface area (Å²) in [4.78, 5) is 8.87. The van der Waals surface area contributed by atoms with Crippen molar-refractivity contribution in [2.24, 2.45) is 0 Å². The van der Waals surface area contributed by atoms with Crippen LogP contribution < -0.4 is 0 Å². The summed E-state index contributed by atoms with van der Waals surface area (Å²) in [6.07, 6.45) is 3.68. The molecule has 0 radical (unpaired) electrons. The smallest absolute Gasteiger partial charge is 0.209 e. The third-order valence-electron chi connectivity index (χ3n) is 4.04. The van der Waals surface area contributed by atoms with Crippen molar-refractivity contribution in [2.45, 2.75) is 51.0 Å². The molecule has 0 aliphatic heterocycles. The van der Waals surface area contributed by atoms with E-state index in [1.165, 1.54) is 0 Å². The van der Waals surface area contributed by atoms with E-state index in [9.17, 15) is 4.21 Å². The van der Waals surface area contributed by atoms with E-state index in [1.54, 1.807) is 6.20 Å². The van der Waals surface area contributed by atoms with E-state index in [2.05, 4.69) is 30.7 Å². The maximum absolute atomic E-state index is 12.7. The van der Waals surface area contributed by atoms with Crippen molar-refractivity contribution in [3.63, 3.8) is 0 Å². The van der Waals surface area contributed by atoms with E-state index in [1.807, 2.05) is 42.6 Å². The van der Waals surface area contributed by atoms with Crippen LogP contribution in [-0.2, 0) is 22.0 Å². The van der Waals surface area contributed by atoms with Gasteiger partial charge in [0.1, 0.15) is 16.7 Å². The van der Waals surface area contributed by atoms with Crippen LogP contribution in [0.4, 0.5) is 0 Å². The zero-order valence-electron chi connectivity index (χ0n) is 14.7. The molecule has 0 bridgehead atoms. The quantitative estimate of drug-likeness (QED) is 0.718. The summed E-state index contributed by atoms with van der Waals surface area (Å²) in [6.45, 7) is 10.1. The fraction of sp³-hybridized carbons (Fsp3) is 0.444. The molecule has 3 heterocycles. The first-order valence-corrected chi connectivity index (χ1v) is 9.41. The molecule has 6 heteroatoms. The van der Waals surface area contributed by atoms with Crippen LogP contribution in [0.25, 0.3) is 5.65 Å². The van der Waals surface area contributed by atoms with Gasteiger partial charge >= 0.3 is 0 Å². The molecule has 3 rings (SSSR count). The highest BCUT2D eigenvalue weighted by atomic mass is 32.2. The zero-order chi connectivity index (χ0) is 17.5. The molecule has 0 N–H and O–H groups in total. The number of fused-ring (bicyclic) bond motifs is 1. The van der Waals surface area contributed by atoms with Gasteiger partial charge in [-0.2, -0.15) is 0 Å². The number of imidazole rings is 1. The van der Waals surface area contributed by atoms with Gasteiger partial charge in [0.25, 0.3) is 0 Å². The SMILES string of the molecule is Cc1cccc2nc(C[S@@](=O)[C@@H](C)c3ncc(C(C)(C)C)o3)cn12. The van der Waals surface area contributed by atoms with Gasteiger partial charge in [0.05, 0.1) is 17.6 Å². The number of aryl methyl sites for hydroxylation is 1. The van der Waals surface area contributed by atoms with E-state index in [4.69, 9.17) is 4.42 Å². The molecule has 0 aliphatic rings. The fourth-order valence-corrected chi connectivity index (χ4v) is 3.49. The summed E-state index contributed by atoms with van der Waals surface area (Å²) in [6, 6.07) is 5.95. The number of hydrogen-bond donors (Lipinski definition) is 0. The Morgan fingerprint density at radius 3 is 2.71 bits per heavy atom. The van der Waals surface area contributed by atoms with Crippen molar-refractivity contribution in [2.75, 3.05) is 0 Å². The van der Waals surface area contributed by atoms with E-state index in [0.29, 0.717) is 11.6 Å². The summed E-state index contributed by atoms with van der Waals surface area (Å²) < 4.78 is 20.5. The molecule has 24 heavy (non-hydrogen) atoms. The molecule has 5 nitrogen and oxygen atoms in total. The van der Waals surface area contributed by atoms with Crippen LogP contribution in [-0.4, -0.2) is 18.6 Å². The summed E-state index contributed by atoms with van der Waals surface area (Å²) >= 11 is 0. The number of pyridine rings is 1. The van der Waals surface area contributed by atoms with Crippen LogP contribution in [0.5, 0.6) is 0 Å². The van der Waals surface area contributed by atoms with Crippen LogP contribution in [0.2, 0.25) is 0 Å². The molecular weight excluding hydrogens is 322 g/mol. The molecule has 0 saturated carbocycles. The first-order chi connectivity index (χ1) is 11.3. The summed E-state index contributed by atoms with van der Waals surface area (Å²) in [7, 11) is -1.15. The molecule has 0 aromatic carbocycles. The summed E-state index contributed by atoms with van der Waals surface area (Å²) in [5.74, 6) is 1.72. The summed E-state index contributed by atoms with van der Waals surface area (Å²) in [5.41, 5.74) is 2.69. The maximum Gasteiger partial charge on any atom is 0.209 e. The second-order valence-corrected chi connectivity index (χ2v) is 8.86. The van der Waals surface area contributed by atoms with Gasteiger partial charge in [-0.25, -0.2) is 9.97 Å². The average Bonchev–Trinajstić information content (AvgIpc) is 3.13. The topological polar surface area (TPSA) is 60.4 Å². The van der Waals surface area contributed by atoms with Gasteiger partial charge in [-0.1, -0.05) is 26.8 Å². The average molecular weight is 345 g/mol. The van der Waals surface area contributed by atoms with Crippen LogP contribution in [0.1, 0.15) is 56.0 Å². The van der Waals surface area contributed by atoms with Crippen LogP contribution >= 0.6 is 0 Å². The van der Waals surface area contributed by atoms with Crippen molar-refractivity contribution in [3.8, 4) is 0 Å². The van der Waals surface area contributed by atoms with Gasteiger partial charge in [-0.3, -0.25) is 4.21 Å². The highest BCUT2D eigenvalue weighted by Gasteiger charge is 2.24. The Morgan fingerprint density at radius 1 is 1.33 bits per heavy atom.